The van der Waals surface area contributed by atoms with Crippen LogP contribution in [0.25, 0.3) is 0 Å². The average molecular weight is 374 g/mol. The van der Waals surface area contributed by atoms with Gasteiger partial charge in [-0.05, 0) is 19.1 Å². The Balaban J connectivity index is 1.48. The molecule has 1 aliphatic heterocycles. The van der Waals surface area contributed by atoms with Gasteiger partial charge in [-0.1, -0.05) is 11.8 Å². The fourth-order valence-corrected chi connectivity index (χ4v) is 3.50. The maximum absolute atomic E-state index is 12.3. The highest BCUT2D eigenvalue weighted by Crippen LogP contribution is 2.20. The van der Waals surface area contributed by atoms with Crippen LogP contribution in [0.4, 0.5) is 0 Å². The highest BCUT2D eigenvalue weighted by molar-refractivity contribution is 7.99. The standard InChI is InChI=1S/C18H22N4O3S/c1-13-10-15(11-16(23)21(13)2)25-14-4-8-22(9-5-14)17(24)12-26-18-19-6-3-7-20-18/h3,6-7,10-11,14H,4-5,8-9,12H2,1-2H3. The van der Waals surface area contributed by atoms with Crippen LogP contribution in [0.15, 0.2) is 40.5 Å². The van der Waals surface area contributed by atoms with Gasteiger partial charge in [0.25, 0.3) is 5.56 Å². The third-order valence-electron chi connectivity index (χ3n) is 4.44. The zero-order valence-electron chi connectivity index (χ0n) is 14.9. The van der Waals surface area contributed by atoms with E-state index < -0.39 is 0 Å². The number of likely N-dealkylation sites (tertiary alicyclic amines) is 1. The van der Waals surface area contributed by atoms with Crippen LogP contribution in [-0.4, -0.2) is 50.3 Å². The summed E-state index contributed by atoms with van der Waals surface area (Å²) in [7, 11) is 1.74. The summed E-state index contributed by atoms with van der Waals surface area (Å²) in [5, 5.41) is 0.611. The molecule has 0 atom stereocenters. The summed E-state index contributed by atoms with van der Waals surface area (Å²) in [4.78, 5) is 34.2. The van der Waals surface area contributed by atoms with Gasteiger partial charge >= 0.3 is 0 Å². The molecule has 0 aliphatic carbocycles. The van der Waals surface area contributed by atoms with Gasteiger partial charge < -0.3 is 14.2 Å². The molecule has 0 aromatic carbocycles. The number of rotatable bonds is 5. The van der Waals surface area contributed by atoms with Crippen LogP contribution in [0.1, 0.15) is 18.5 Å². The molecule has 138 valence electrons. The largest absolute Gasteiger partial charge is 0.490 e. The normalized spacial score (nSPS) is 15.1. The van der Waals surface area contributed by atoms with Crippen molar-refractivity contribution in [3.05, 3.63) is 46.6 Å². The quantitative estimate of drug-likeness (QED) is 0.585. The smallest absolute Gasteiger partial charge is 0.254 e. The van der Waals surface area contributed by atoms with Crippen molar-refractivity contribution in [1.29, 1.82) is 0 Å². The molecular formula is C18H22N4O3S. The van der Waals surface area contributed by atoms with Crippen molar-refractivity contribution in [1.82, 2.24) is 19.4 Å². The van der Waals surface area contributed by atoms with Crippen molar-refractivity contribution in [3.63, 3.8) is 0 Å². The Kier molecular flexibility index (Phi) is 5.92. The van der Waals surface area contributed by atoms with Crippen molar-refractivity contribution in [2.45, 2.75) is 31.0 Å². The summed E-state index contributed by atoms with van der Waals surface area (Å²) in [6.07, 6.45) is 4.87. The van der Waals surface area contributed by atoms with E-state index in [1.807, 2.05) is 17.9 Å². The highest BCUT2D eigenvalue weighted by Gasteiger charge is 2.24. The van der Waals surface area contributed by atoms with Gasteiger partial charge in [0.15, 0.2) is 5.16 Å². The molecule has 1 fully saturated rings. The lowest BCUT2D eigenvalue weighted by Crippen LogP contribution is -2.42. The molecule has 1 aliphatic rings. The number of ether oxygens (including phenoxy) is 1. The van der Waals surface area contributed by atoms with E-state index in [2.05, 4.69) is 9.97 Å². The number of aryl methyl sites for hydroxylation is 1. The molecule has 2 aromatic rings. The molecule has 3 rings (SSSR count). The minimum Gasteiger partial charge on any atom is -0.490 e. The molecule has 7 nitrogen and oxygen atoms in total. The van der Waals surface area contributed by atoms with E-state index in [1.54, 1.807) is 30.1 Å². The number of pyridine rings is 1. The fourth-order valence-electron chi connectivity index (χ4n) is 2.80. The lowest BCUT2D eigenvalue weighted by atomic mass is 10.1. The van der Waals surface area contributed by atoms with Crippen LogP contribution in [0, 0.1) is 6.92 Å². The summed E-state index contributed by atoms with van der Waals surface area (Å²) in [5.41, 5.74) is 0.785. The van der Waals surface area contributed by atoms with Gasteiger partial charge in [0, 0.05) is 57.1 Å². The number of hydrogen-bond acceptors (Lipinski definition) is 6. The van der Waals surface area contributed by atoms with E-state index >= 15 is 0 Å². The van der Waals surface area contributed by atoms with Crippen molar-refractivity contribution < 1.29 is 9.53 Å². The Morgan fingerprint density at radius 2 is 1.96 bits per heavy atom. The summed E-state index contributed by atoms with van der Waals surface area (Å²) < 4.78 is 7.54. The Bertz CT molecular complexity index is 817. The van der Waals surface area contributed by atoms with Crippen LogP contribution in [-0.2, 0) is 11.8 Å². The number of amides is 1. The number of carbonyl (C=O) groups is 1. The van der Waals surface area contributed by atoms with Gasteiger partial charge in [-0.25, -0.2) is 9.97 Å². The van der Waals surface area contributed by atoms with Gasteiger partial charge in [0.2, 0.25) is 5.91 Å². The van der Waals surface area contributed by atoms with E-state index in [-0.39, 0.29) is 17.6 Å². The molecule has 0 N–H and O–H groups in total. The zero-order chi connectivity index (χ0) is 18.5. The first-order valence-electron chi connectivity index (χ1n) is 8.55. The number of aromatic nitrogens is 3. The maximum atomic E-state index is 12.3. The van der Waals surface area contributed by atoms with Crippen LogP contribution in [0.5, 0.6) is 5.75 Å². The average Bonchev–Trinajstić information content (AvgIpc) is 2.65. The molecule has 1 amide bonds. The third kappa shape index (κ3) is 4.63. The predicted molar refractivity (Wildman–Crippen MR) is 99.4 cm³/mol. The Hall–Kier alpha value is -2.35. The minimum atomic E-state index is -0.0761. The third-order valence-corrected chi connectivity index (χ3v) is 5.30. The number of nitrogens with zero attached hydrogens (tertiary/aromatic N) is 4. The van der Waals surface area contributed by atoms with Crippen molar-refractivity contribution >= 4 is 17.7 Å². The first kappa shape index (κ1) is 18.4. The van der Waals surface area contributed by atoms with Crippen molar-refractivity contribution in [3.8, 4) is 5.75 Å². The van der Waals surface area contributed by atoms with Gasteiger partial charge in [-0.2, -0.15) is 0 Å². The van der Waals surface area contributed by atoms with Crippen LogP contribution >= 0.6 is 11.8 Å². The van der Waals surface area contributed by atoms with Gasteiger partial charge in [-0.3, -0.25) is 9.59 Å². The second-order valence-corrected chi connectivity index (χ2v) is 7.19. The summed E-state index contributed by atoms with van der Waals surface area (Å²) in [5.74, 6) is 1.03. The first-order valence-corrected chi connectivity index (χ1v) is 9.53. The summed E-state index contributed by atoms with van der Waals surface area (Å²) >= 11 is 1.35. The summed E-state index contributed by atoms with van der Waals surface area (Å²) in [6, 6.07) is 5.14. The van der Waals surface area contributed by atoms with Gasteiger partial charge in [0.05, 0.1) is 5.75 Å². The van der Waals surface area contributed by atoms with Crippen LogP contribution < -0.4 is 10.3 Å². The lowest BCUT2D eigenvalue weighted by molar-refractivity contribution is -0.130. The van der Waals surface area contributed by atoms with Crippen LogP contribution in [0.3, 0.4) is 0 Å². The molecule has 0 saturated carbocycles. The number of piperidine rings is 1. The van der Waals surface area contributed by atoms with E-state index in [4.69, 9.17) is 4.74 Å². The van der Waals surface area contributed by atoms with E-state index in [0.29, 0.717) is 29.7 Å². The number of carbonyl (C=O) groups excluding carboxylic acids is 1. The lowest BCUT2D eigenvalue weighted by Gasteiger charge is -2.32. The van der Waals surface area contributed by atoms with E-state index in [0.717, 1.165) is 18.5 Å². The second-order valence-electron chi connectivity index (χ2n) is 6.25. The van der Waals surface area contributed by atoms with Crippen molar-refractivity contribution in [2.24, 2.45) is 7.05 Å². The first-order chi connectivity index (χ1) is 12.5. The second kappa shape index (κ2) is 8.35. The Morgan fingerprint density at radius 3 is 2.62 bits per heavy atom. The number of thioether (sulfide) groups is 1. The minimum absolute atomic E-state index is 0.0238. The molecule has 8 heteroatoms. The zero-order valence-corrected chi connectivity index (χ0v) is 15.7. The predicted octanol–water partition coefficient (Wildman–Crippen LogP) is 1.65. The van der Waals surface area contributed by atoms with E-state index in [1.165, 1.54) is 17.8 Å². The highest BCUT2D eigenvalue weighted by atomic mass is 32.2. The molecule has 0 spiro atoms. The SMILES string of the molecule is Cc1cc(OC2CCN(C(=O)CSc3ncccn3)CC2)cc(=O)n1C. The van der Waals surface area contributed by atoms with Crippen LogP contribution in [0.2, 0.25) is 0 Å². The monoisotopic (exact) mass is 374 g/mol. The number of hydrogen-bond donors (Lipinski definition) is 0. The Labute approximate surface area is 156 Å². The summed E-state index contributed by atoms with van der Waals surface area (Å²) in [6.45, 7) is 3.19. The maximum Gasteiger partial charge on any atom is 0.254 e. The van der Waals surface area contributed by atoms with Gasteiger partial charge in [0.1, 0.15) is 11.9 Å². The van der Waals surface area contributed by atoms with E-state index in [9.17, 15) is 9.59 Å². The molecule has 0 radical (unpaired) electrons. The molecule has 1 saturated heterocycles. The molecular weight excluding hydrogens is 352 g/mol. The molecule has 3 heterocycles. The fraction of sp³-hybridized carbons (Fsp3) is 0.444. The molecule has 0 bridgehead atoms. The van der Waals surface area contributed by atoms with Gasteiger partial charge in [-0.15, -0.1) is 0 Å². The van der Waals surface area contributed by atoms with Crippen molar-refractivity contribution in [2.75, 3.05) is 18.8 Å². The molecule has 0 unspecified atom stereocenters. The Morgan fingerprint density at radius 1 is 1.27 bits per heavy atom. The molecule has 26 heavy (non-hydrogen) atoms. The molecule has 2 aromatic heterocycles. The topological polar surface area (TPSA) is 77.3 Å².